The van der Waals surface area contributed by atoms with Crippen LogP contribution in [0.3, 0.4) is 0 Å². The molecule has 1 aliphatic carbocycles. The molecular weight excluding hydrogens is 222 g/mol. The highest BCUT2D eigenvalue weighted by Crippen LogP contribution is 2.41. The summed E-state index contributed by atoms with van der Waals surface area (Å²) in [5, 5.41) is 10.2. The minimum atomic E-state index is 0.370. The second kappa shape index (κ2) is 5.31. The van der Waals surface area contributed by atoms with E-state index in [9.17, 15) is 5.11 Å². The van der Waals surface area contributed by atoms with E-state index in [2.05, 4.69) is 38.7 Å². The van der Waals surface area contributed by atoms with E-state index in [1.165, 1.54) is 17.5 Å². The summed E-state index contributed by atoms with van der Waals surface area (Å²) >= 11 is 0. The Morgan fingerprint density at radius 1 is 1.17 bits per heavy atom. The van der Waals surface area contributed by atoms with Crippen molar-refractivity contribution in [1.82, 2.24) is 4.90 Å². The van der Waals surface area contributed by atoms with Crippen LogP contribution in [0.1, 0.15) is 57.7 Å². The van der Waals surface area contributed by atoms with Gasteiger partial charge in [-0.25, -0.2) is 0 Å². The largest absolute Gasteiger partial charge is 0.508 e. The Kier molecular flexibility index (Phi) is 3.96. The van der Waals surface area contributed by atoms with E-state index in [4.69, 9.17) is 0 Å². The van der Waals surface area contributed by atoms with Crippen molar-refractivity contribution in [3.05, 3.63) is 29.3 Å². The van der Waals surface area contributed by atoms with Crippen molar-refractivity contribution in [1.29, 1.82) is 0 Å². The number of nitrogens with zero attached hydrogens (tertiary/aromatic N) is 1. The van der Waals surface area contributed by atoms with Crippen molar-refractivity contribution in [3.63, 3.8) is 0 Å². The zero-order valence-corrected chi connectivity index (χ0v) is 12.0. The number of aromatic hydroxyl groups is 1. The van der Waals surface area contributed by atoms with Gasteiger partial charge in [0.2, 0.25) is 0 Å². The van der Waals surface area contributed by atoms with Crippen LogP contribution in [0, 0.1) is 0 Å². The first-order chi connectivity index (χ1) is 8.52. The molecule has 0 heterocycles. The van der Waals surface area contributed by atoms with Gasteiger partial charge in [0.25, 0.3) is 0 Å². The lowest BCUT2D eigenvalue weighted by atomic mass is 9.85. The highest BCUT2D eigenvalue weighted by molar-refractivity contribution is 5.43. The summed E-state index contributed by atoms with van der Waals surface area (Å²) in [6, 6.07) is 7.33. The maximum absolute atomic E-state index is 10.2. The molecule has 2 heteroatoms. The minimum Gasteiger partial charge on any atom is -0.508 e. The summed E-state index contributed by atoms with van der Waals surface area (Å²) in [4.78, 5) is 2.53. The molecule has 0 radical (unpaired) electrons. The number of aryl methyl sites for hydroxylation is 1. The molecule has 18 heavy (non-hydrogen) atoms. The van der Waals surface area contributed by atoms with Gasteiger partial charge in [-0.05, 0) is 58.6 Å². The van der Waals surface area contributed by atoms with Crippen molar-refractivity contribution >= 4 is 0 Å². The predicted octanol–water partition coefficient (Wildman–Crippen LogP) is 3.89. The van der Waals surface area contributed by atoms with Gasteiger partial charge in [-0.3, -0.25) is 4.90 Å². The number of fused-ring (bicyclic) bond motifs is 1. The van der Waals surface area contributed by atoms with Crippen LogP contribution in [0.25, 0.3) is 0 Å². The topological polar surface area (TPSA) is 23.5 Å². The molecule has 2 rings (SSSR count). The van der Waals surface area contributed by atoms with E-state index in [0.29, 0.717) is 23.9 Å². The van der Waals surface area contributed by atoms with Crippen molar-refractivity contribution in [2.24, 2.45) is 0 Å². The lowest BCUT2D eigenvalue weighted by molar-refractivity contribution is 0.0982. The molecule has 0 amide bonds. The average Bonchev–Trinajstić information content (AvgIpc) is 2.28. The second-order valence-corrected chi connectivity index (χ2v) is 5.89. The summed E-state index contributed by atoms with van der Waals surface area (Å²) in [7, 11) is 0. The van der Waals surface area contributed by atoms with Gasteiger partial charge in [0, 0.05) is 23.7 Å². The third-order valence-corrected chi connectivity index (χ3v) is 3.98. The molecular formula is C16H25NO. The quantitative estimate of drug-likeness (QED) is 0.876. The van der Waals surface area contributed by atoms with Gasteiger partial charge < -0.3 is 5.11 Å². The van der Waals surface area contributed by atoms with Gasteiger partial charge in [0.1, 0.15) is 5.75 Å². The lowest BCUT2D eigenvalue weighted by Crippen LogP contribution is -2.41. The fourth-order valence-electron chi connectivity index (χ4n) is 3.45. The van der Waals surface area contributed by atoms with Gasteiger partial charge in [0.05, 0.1) is 0 Å². The minimum absolute atomic E-state index is 0.370. The lowest BCUT2D eigenvalue weighted by Gasteiger charge is -2.41. The number of rotatable bonds is 3. The zero-order valence-electron chi connectivity index (χ0n) is 12.0. The highest BCUT2D eigenvalue weighted by atomic mass is 16.3. The Morgan fingerprint density at radius 2 is 1.83 bits per heavy atom. The van der Waals surface area contributed by atoms with Crippen LogP contribution in [-0.2, 0) is 6.42 Å². The summed E-state index contributed by atoms with van der Waals surface area (Å²) < 4.78 is 0. The SMILES string of the molecule is CC(C)N(C(C)C)C1CCCc2cccc(O)c21. The fourth-order valence-corrected chi connectivity index (χ4v) is 3.45. The molecule has 1 aromatic rings. The predicted molar refractivity (Wildman–Crippen MR) is 75.9 cm³/mol. The summed E-state index contributed by atoms with van der Waals surface area (Å²) in [5.74, 6) is 0.475. The molecule has 1 aromatic carbocycles. The normalized spacial score (nSPS) is 19.6. The van der Waals surface area contributed by atoms with E-state index < -0.39 is 0 Å². The highest BCUT2D eigenvalue weighted by Gasteiger charge is 2.31. The van der Waals surface area contributed by atoms with Gasteiger partial charge in [-0.1, -0.05) is 12.1 Å². The standard InChI is InChI=1S/C16H25NO/c1-11(2)17(12(3)4)14-9-5-7-13-8-6-10-15(18)16(13)14/h6,8,10-12,14,18H,5,7,9H2,1-4H3. The molecule has 2 nitrogen and oxygen atoms in total. The van der Waals surface area contributed by atoms with E-state index >= 15 is 0 Å². The first-order valence-corrected chi connectivity index (χ1v) is 7.10. The van der Waals surface area contributed by atoms with E-state index in [0.717, 1.165) is 12.8 Å². The molecule has 0 aromatic heterocycles. The molecule has 100 valence electrons. The molecule has 0 fully saturated rings. The first kappa shape index (κ1) is 13.4. The third-order valence-electron chi connectivity index (χ3n) is 3.98. The Labute approximate surface area is 111 Å². The maximum Gasteiger partial charge on any atom is 0.120 e. The number of phenolic OH excluding ortho intramolecular Hbond substituents is 1. The first-order valence-electron chi connectivity index (χ1n) is 7.10. The summed E-state index contributed by atoms with van der Waals surface area (Å²) in [6.07, 6.45) is 3.47. The van der Waals surface area contributed by atoms with E-state index in [1.807, 2.05) is 12.1 Å². The van der Waals surface area contributed by atoms with E-state index in [-0.39, 0.29) is 0 Å². The maximum atomic E-state index is 10.2. The fraction of sp³-hybridized carbons (Fsp3) is 0.625. The monoisotopic (exact) mass is 247 g/mol. The number of hydrogen-bond acceptors (Lipinski definition) is 2. The Hall–Kier alpha value is -1.02. The van der Waals surface area contributed by atoms with Crippen LogP contribution in [0.2, 0.25) is 0 Å². The molecule has 1 N–H and O–H groups in total. The third kappa shape index (κ3) is 2.39. The van der Waals surface area contributed by atoms with Gasteiger partial charge in [0.15, 0.2) is 0 Å². The van der Waals surface area contributed by atoms with Crippen LogP contribution in [0.4, 0.5) is 0 Å². The molecule has 0 saturated carbocycles. The smallest absolute Gasteiger partial charge is 0.120 e. The molecule has 0 spiro atoms. The molecule has 1 atom stereocenters. The Morgan fingerprint density at radius 3 is 2.44 bits per heavy atom. The van der Waals surface area contributed by atoms with Crippen molar-refractivity contribution in [2.45, 2.75) is 65.1 Å². The number of hydrogen-bond donors (Lipinski definition) is 1. The summed E-state index contributed by atoms with van der Waals surface area (Å²) in [5.41, 5.74) is 2.50. The van der Waals surface area contributed by atoms with Crippen molar-refractivity contribution in [2.75, 3.05) is 0 Å². The second-order valence-electron chi connectivity index (χ2n) is 5.89. The van der Waals surface area contributed by atoms with Crippen LogP contribution >= 0.6 is 0 Å². The summed E-state index contributed by atoms with van der Waals surface area (Å²) in [6.45, 7) is 8.98. The van der Waals surface area contributed by atoms with E-state index in [1.54, 1.807) is 0 Å². The van der Waals surface area contributed by atoms with Crippen LogP contribution in [0.15, 0.2) is 18.2 Å². The number of phenols is 1. The molecule has 1 unspecified atom stereocenters. The molecule has 0 aliphatic heterocycles. The Balaban J connectivity index is 2.42. The van der Waals surface area contributed by atoms with Crippen LogP contribution in [0.5, 0.6) is 5.75 Å². The zero-order chi connectivity index (χ0) is 13.3. The van der Waals surface area contributed by atoms with Crippen molar-refractivity contribution < 1.29 is 5.11 Å². The average molecular weight is 247 g/mol. The van der Waals surface area contributed by atoms with Gasteiger partial charge >= 0.3 is 0 Å². The Bertz CT molecular complexity index is 404. The molecule has 1 aliphatic rings. The van der Waals surface area contributed by atoms with Crippen LogP contribution in [-0.4, -0.2) is 22.1 Å². The molecule has 0 bridgehead atoms. The molecule has 0 saturated heterocycles. The van der Waals surface area contributed by atoms with Crippen molar-refractivity contribution in [3.8, 4) is 5.75 Å². The van der Waals surface area contributed by atoms with Gasteiger partial charge in [-0.2, -0.15) is 0 Å². The van der Waals surface area contributed by atoms with Gasteiger partial charge in [-0.15, -0.1) is 0 Å². The number of benzene rings is 1. The van der Waals surface area contributed by atoms with Crippen LogP contribution < -0.4 is 0 Å².